The summed E-state index contributed by atoms with van der Waals surface area (Å²) in [6, 6.07) is 27.1. The molecule has 6 nitrogen and oxygen atoms in total. The Morgan fingerprint density at radius 3 is 2.47 bits per heavy atom. The maximum absolute atomic E-state index is 13.5. The molecule has 0 radical (unpaired) electrons. The number of fused-ring (bicyclic) bond motifs is 2. The van der Waals surface area contributed by atoms with Crippen molar-refractivity contribution in [2.45, 2.75) is 6.92 Å². The first-order valence-electron chi connectivity index (χ1n) is 12.0. The molecule has 6 heteroatoms. The number of Topliss-reactive ketones (excluding diaryl/α,β-unsaturated/α-hetero) is 1. The van der Waals surface area contributed by atoms with Crippen LogP contribution in [0.5, 0.6) is 17.2 Å². The Balaban J connectivity index is 1.34. The maximum Gasteiger partial charge on any atom is 0.348 e. The van der Waals surface area contributed by atoms with Gasteiger partial charge in [-0.1, -0.05) is 60.2 Å². The van der Waals surface area contributed by atoms with E-state index >= 15 is 0 Å². The Hall–Kier alpha value is -5.10. The zero-order valence-electron chi connectivity index (χ0n) is 20.7. The fourth-order valence-electron chi connectivity index (χ4n) is 4.50. The third-order valence-corrected chi connectivity index (χ3v) is 6.33. The zero-order valence-corrected chi connectivity index (χ0v) is 20.7. The normalized spacial score (nSPS) is 13.4. The number of benzene rings is 4. The molecule has 0 amide bonds. The van der Waals surface area contributed by atoms with Gasteiger partial charge in [-0.3, -0.25) is 4.79 Å². The number of hydrogen-bond acceptors (Lipinski definition) is 6. The van der Waals surface area contributed by atoms with Crippen molar-refractivity contribution in [3.05, 3.63) is 119 Å². The summed E-state index contributed by atoms with van der Waals surface area (Å²) in [5, 5.41) is 0.573. The van der Waals surface area contributed by atoms with Gasteiger partial charge in [0.2, 0.25) is 5.78 Å². The highest BCUT2D eigenvalue weighted by atomic mass is 16.5. The fourth-order valence-corrected chi connectivity index (χ4v) is 4.50. The van der Waals surface area contributed by atoms with Crippen LogP contribution in [0.4, 0.5) is 0 Å². The van der Waals surface area contributed by atoms with Gasteiger partial charge in [0.05, 0.1) is 12.7 Å². The summed E-state index contributed by atoms with van der Waals surface area (Å²) in [6.07, 6.45) is 1.71. The monoisotopic (exact) mass is 502 g/mol. The lowest BCUT2D eigenvalue weighted by atomic mass is 10.1. The summed E-state index contributed by atoms with van der Waals surface area (Å²) in [5.74, 6) is 0.956. The van der Waals surface area contributed by atoms with E-state index in [0.717, 1.165) is 16.7 Å². The van der Waals surface area contributed by atoms with Crippen LogP contribution in [0.3, 0.4) is 0 Å². The average Bonchev–Trinajstić information content (AvgIpc) is 3.46. The highest BCUT2D eigenvalue weighted by Gasteiger charge is 2.29. The molecule has 186 valence electrons. The Morgan fingerprint density at radius 2 is 1.68 bits per heavy atom. The molecule has 0 saturated carbocycles. The lowest BCUT2D eigenvalue weighted by molar-refractivity contribution is 0.0736. The molecule has 6 rings (SSSR count). The molecule has 0 aliphatic carbocycles. The molecule has 0 N–H and O–H groups in total. The SMILES string of the molecule is COc1ccc2oc(-c3ccccc3)c(C(=O)Oc3ccc4c(c3)O/C(=C\c3cccc(C)c3)C4=O)c2c1. The number of furan rings is 1. The van der Waals surface area contributed by atoms with Gasteiger partial charge in [0, 0.05) is 17.0 Å². The van der Waals surface area contributed by atoms with Crippen LogP contribution >= 0.6 is 0 Å². The molecule has 2 heterocycles. The molecule has 1 aromatic heterocycles. The molecule has 1 aliphatic rings. The van der Waals surface area contributed by atoms with E-state index in [0.29, 0.717) is 33.8 Å². The Bertz CT molecular complexity index is 1740. The molecule has 0 saturated heterocycles. The summed E-state index contributed by atoms with van der Waals surface area (Å²) >= 11 is 0. The molecule has 0 spiro atoms. The molecule has 0 atom stereocenters. The third-order valence-electron chi connectivity index (χ3n) is 6.33. The average molecular weight is 503 g/mol. The first-order chi connectivity index (χ1) is 18.5. The minimum absolute atomic E-state index is 0.216. The topological polar surface area (TPSA) is 75.0 Å². The number of ether oxygens (including phenoxy) is 3. The highest BCUT2D eigenvalue weighted by molar-refractivity contribution is 6.15. The minimum Gasteiger partial charge on any atom is -0.497 e. The number of aryl methyl sites for hydroxylation is 1. The number of hydrogen-bond donors (Lipinski definition) is 0. The number of rotatable bonds is 5. The van der Waals surface area contributed by atoms with Gasteiger partial charge in [0.1, 0.15) is 34.2 Å². The predicted octanol–water partition coefficient (Wildman–Crippen LogP) is 7.25. The van der Waals surface area contributed by atoms with Gasteiger partial charge in [0.25, 0.3) is 0 Å². The van der Waals surface area contributed by atoms with Crippen molar-refractivity contribution in [2.24, 2.45) is 0 Å². The van der Waals surface area contributed by atoms with E-state index in [1.54, 1.807) is 49.6 Å². The third kappa shape index (κ3) is 4.22. The smallest absolute Gasteiger partial charge is 0.348 e. The summed E-state index contributed by atoms with van der Waals surface area (Å²) < 4.78 is 23.1. The Kier molecular flexibility index (Phi) is 5.77. The van der Waals surface area contributed by atoms with Crippen LogP contribution in [0.2, 0.25) is 0 Å². The second kappa shape index (κ2) is 9.41. The summed E-state index contributed by atoms with van der Waals surface area (Å²) in [4.78, 5) is 26.4. The van der Waals surface area contributed by atoms with Gasteiger partial charge in [-0.15, -0.1) is 0 Å². The molecular formula is C32H22O6. The Morgan fingerprint density at radius 1 is 0.868 bits per heavy atom. The molecule has 5 aromatic rings. The quantitative estimate of drug-likeness (QED) is 0.143. The number of carbonyl (C=O) groups excluding carboxylic acids is 2. The van der Waals surface area contributed by atoms with Crippen molar-refractivity contribution in [1.82, 2.24) is 0 Å². The van der Waals surface area contributed by atoms with Crippen molar-refractivity contribution < 1.29 is 28.2 Å². The summed E-state index contributed by atoms with van der Waals surface area (Å²) in [7, 11) is 1.56. The predicted molar refractivity (Wildman–Crippen MR) is 144 cm³/mol. The summed E-state index contributed by atoms with van der Waals surface area (Å²) in [6.45, 7) is 1.98. The van der Waals surface area contributed by atoms with Crippen LogP contribution in [0.25, 0.3) is 28.4 Å². The molecule has 1 aliphatic heterocycles. The van der Waals surface area contributed by atoms with E-state index in [1.165, 1.54) is 0 Å². The van der Waals surface area contributed by atoms with Gasteiger partial charge in [-0.2, -0.15) is 0 Å². The van der Waals surface area contributed by atoms with Crippen molar-refractivity contribution in [2.75, 3.05) is 7.11 Å². The maximum atomic E-state index is 13.5. The standard InChI is InChI=1S/C32H22O6/c1-19-7-6-8-20(15-19)16-28-30(33)24-13-11-23(18-27(24)37-28)36-32(34)29-25-17-22(35-2)12-14-26(25)38-31(29)21-9-4-3-5-10-21/h3-18H,1-2H3/b28-16-. The van der Waals surface area contributed by atoms with Crippen molar-refractivity contribution >= 4 is 28.8 Å². The molecule has 0 fully saturated rings. The van der Waals surface area contributed by atoms with Gasteiger partial charge in [0.15, 0.2) is 5.76 Å². The van der Waals surface area contributed by atoms with Gasteiger partial charge in [-0.05, 0) is 48.9 Å². The van der Waals surface area contributed by atoms with E-state index in [-0.39, 0.29) is 22.9 Å². The number of methoxy groups -OCH3 is 1. The summed E-state index contributed by atoms with van der Waals surface area (Å²) in [5.41, 5.74) is 3.91. The van der Waals surface area contributed by atoms with E-state index in [9.17, 15) is 9.59 Å². The lowest BCUT2D eigenvalue weighted by Gasteiger charge is -2.07. The minimum atomic E-state index is -0.601. The van der Waals surface area contributed by atoms with E-state index in [1.807, 2.05) is 61.5 Å². The highest BCUT2D eigenvalue weighted by Crippen LogP contribution is 2.38. The van der Waals surface area contributed by atoms with Crippen molar-refractivity contribution in [3.63, 3.8) is 0 Å². The van der Waals surface area contributed by atoms with Crippen LogP contribution < -0.4 is 14.2 Å². The number of carbonyl (C=O) groups is 2. The largest absolute Gasteiger partial charge is 0.497 e. The zero-order chi connectivity index (χ0) is 26.2. The van der Waals surface area contributed by atoms with Gasteiger partial charge >= 0.3 is 5.97 Å². The lowest BCUT2D eigenvalue weighted by Crippen LogP contribution is -2.09. The Labute approximate surface area is 218 Å². The molecule has 4 aromatic carbocycles. The molecule has 0 bridgehead atoms. The van der Waals surface area contributed by atoms with Gasteiger partial charge < -0.3 is 18.6 Å². The number of ketones is 1. The van der Waals surface area contributed by atoms with Gasteiger partial charge in [-0.25, -0.2) is 4.79 Å². The van der Waals surface area contributed by atoms with Crippen LogP contribution in [0.15, 0.2) is 101 Å². The molecular weight excluding hydrogens is 480 g/mol. The van der Waals surface area contributed by atoms with Crippen molar-refractivity contribution in [3.8, 4) is 28.6 Å². The number of allylic oxidation sites excluding steroid dienone is 1. The van der Waals surface area contributed by atoms with Crippen LogP contribution in [0, 0.1) is 6.92 Å². The molecule has 38 heavy (non-hydrogen) atoms. The second-order valence-electron chi connectivity index (χ2n) is 8.94. The second-order valence-corrected chi connectivity index (χ2v) is 8.94. The van der Waals surface area contributed by atoms with E-state index in [4.69, 9.17) is 18.6 Å². The molecule has 0 unspecified atom stereocenters. The van der Waals surface area contributed by atoms with E-state index in [2.05, 4.69) is 0 Å². The van der Waals surface area contributed by atoms with Crippen LogP contribution in [-0.4, -0.2) is 18.9 Å². The first kappa shape index (κ1) is 23.3. The van der Waals surface area contributed by atoms with E-state index < -0.39 is 5.97 Å². The van der Waals surface area contributed by atoms with Crippen LogP contribution in [-0.2, 0) is 0 Å². The van der Waals surface area contributed by atoms with Crippen molar-refractivity contribution in [1.29, 1.82) is 0 Å². The fraction of sp³-hybridized carbons (Fsp3) is 0.0625. The van der Waals surface area contributed by atoms with Crippen LogP contribution in [0.1, 0.15) is 31.8 Å². The number of esters is 1. The first-order valence-corrected chi connectivity index (χ1v) is 12.0.